The highest BCUT2D eigenvalue weighted by atomic mass is 35.5. The second kappa shape index (κ2) is 6.98. The van der Waals surface area contributed by atoms with Gasteiger partial charge in [-0.05, 0) is 23.8 Å². The number of fused-ring (bicyclic) bond motifs is 1. The quantitative estimate of drug-likeness (QED) is 0.716. The number of hydrogen-bond donors (Lipinski definition) is 1. The van der Waals surface area contributed by atoms with Crippen molar-refractivity contribution in [3.8, 4) is 11.1 Å². The van der Waals surface area contributed by atoms with Crippen molar-refractivity contribution in [2.75, 3.05) is 13.7 Å². The number of H-pyrrole nitrogens is 2. The lowest BCUT2D eigenvalue weighted by atomic mass is 10.0. The van der Waals surface area contributed by atoms with Gasteiger partial charge in [-0.1, -0.05) is 23.7 Å². The predicted octanol–water partition coefficient (Wildman–Crippen LogP) is 1.86. The molecular formula is C17H17ClN3O3+. The highest BCUT2D eigenvalue weighted by molar-refractivity contribution is 6.30. The maximum atomic E-state index is 12.4. The van der Waals surface area contributed by atoms with Crippen molar-refractivity contribution in [3.05, 3.63) is 62.4 Å². The Morgan fingerprint density at radius 3 is 2.67 bits per heavy atom. The van der Waals surface area contributed by atoms with Gasteiger partial charge >= 0.3 is 5.69 Å². The van der Waals surface area contributed by atoms with Gasteiger partial charge in [-0.15, -0.1) is 0 Å². The van der Waals surface area contributed by atoms with Gasteiger partial charge in [-0.2, -0.15) is 4.57 Å². The van der Waals surface area contributed by atoms with Crippen molar-refractivity contribution in [3.63, 3.8) is 0 Å². The number of methoxy groups -OCH3 is 1. The third-order valence-corrected chi connectivity index (χ3v) is 4.08. The lowest BCUT2D eigenvalue weighted by Gasteiger charge is -2.06. The maximum Gasteiger partial charge on any atom is 0.415 e. The molecule has 24 heavy (non-hydrogen) atoms. The molecular weight excluding hydrogens is 330 g/mol. The summed E-state index contributed by atoms with van der Waals surface area (Å²) in [5.41, 5.74) is 1.23. The molecule has 2 N–H and O–H groups in total. The zero-order chi connectivity index (χ0) is 17.1. The van der Waals surface area contributed by atoms with Crippen LogP contribution in [0.25, 0.3) is 22.2 Å². The summed E-state index contributed by atoms with van der Waals surface area (Å²) in [4.78, 5) is 30.0. The van der Waals surface area contributed by atoms with Crippen molar-refractivity contribution >= 4 is 22.6 Å². The van der Waals surface area contributed by atoms with Gasteiger partial charge in [0.15, 0.2) is 0 Å². The Morgan fingerprint density at radius 1 is 1.21 bits per heavy atom. The fraction of sp³-hybridized carbons (Fsp3) is 0.235. The fourth-order valence-electron chi connectivity index (χ4n) is 2.71. The molecule has 0 amide bonds. The van der Waals surface area contributed by atoms with Crippen LogP contribution < -0.4 is 16.2 Å². The zero-order valence-corrected chi connectivity index (χ0v) is 13.9. The lowest BCUT2D eigenvalue weighted by Crippen LogP contribution is -2.34. The number of ether oxygens (including phenoxy) is 1. The smallest absolute Gasteiger partial charge is 0.385 e. The van der Waals surface area contributed by atoms with Crippen LogP contribution in [0.3, 0.4) is 0 Å². The number of aromatic nitrogens is 3. The van der Waals surface area contributed by atoms with Crippen molar-refractivity contribution in [2.24, 2.45) is 0 Å². The molecule has 6 nitrogen and oxygen atoms in total. The van der Waals surface area contributed by atoms with Crippen LogP contribution in [0.5, 0.6) is 0 Å². The summed E-state index contributed by atoms with van der Waals surface area (Å²) in [6.07, 6.45) is 2.38. The van der Waals surface area contributed by atoms with Gasteiger partial charge in [-0.25, -0.2) is 9.78 Å². The Bertz CT molecular complexity index is 977. The molecule has 0 aliphatic carbocycles. The van der Waals surface area contributed by atoms with Gasteiger partial charge in [0.1, 0.15) is 5.39 Å². The first-order valence-corrected chi connectivity index (χ1v) is 7.92. The Balaban J connectivity index is 2.22. The number of rotatable bonds is 5. The minimum atomic E-state index is -0.437. The topological polar surface area (TPSA) is 78.2 Å². The number of hydrogen-bond acceptors (Lipinski definition) is 3. The second-order valence-electron chi connectivity index (χ2n) is 5.38. The number of nitrogens with one attached hydrogen (secondary N) is 2. The van der Waals surface area contributed by atoms with Crippen LogP contribution in [0.1, 0.15) is 6.42 Å². The average Bonchev–Trinajstić information content (AvgIpc) is 2.58. The first kappa shape index (κ1) is 16.4. The van der Waals surface area contributed by atoms with E-state index in [4.69, 9.17) is 16.3 Å². The van der Waals surface area contributed by atoms with Gasteiger partial charge in [0.25, 0.3) is 11.2 Å². The van der Waals surface area contributed by atoms with E-state index in [2.05, 4.69) is 9.97 Å². The molecule has 0 fully saturated rings. The average molecular weight is 347 g/mol. The van der Waals surface area contributed by atoms with E-state index in [1.54, 1.807) is 25.4 Å². The van der Waals surface area contributed by atoms with Crippen LogP contribution in [-0.2, 0) is 11.3 Å². The van der Waals surface area contributed by atoms with Crippen molar-refractivity contribution in [2.45, 2.75) is 13.0 Å². The van der Waals surface area contributed by atoms with Crippen LogP contribution in [0.2, 0.25) is 5.02 Å². The minimum Gasteiger partial charge on any atom is -0.385 e. The molecule has 0 bridgehead atoms. The molecule has 0 aliphatic rings. The summed E-state index contributed by atoms with van der Waals surface area (Å²) in [5.74, 6) is 0. The summed E-state index contributed by atoms with van der Waals surface area (Å²) in [6.45, 7) is 0.977. The monoisotopic (exact) mass is 346 g/mol. The van der Waals surface area contributed by atoms with Crippen LogP contribution in [0.15, 0.2) is 46.1 Å². The highest BCUT2D eigenvalue weighted by Crippen LogP contribution is 2.24. The predicted molar refractivity (Wildman–Crippen MR) is 92.3 cm³/mol. The fourth-order valence-corrected chi connectivity index (χ4v) is 2.83. The van der Waals surface area contributed by atoms with Crippen molar-refractivity contribution < 1.29 is 9.72 Å². The van der Waals surface area contributed by atoms with Gasteiger partial charge < -0.3 is 4.74 Å². The molecule has 0 radical (unpaired) electrons. The van der Waals surface area contributed by atoms with Crippen LogP contribution in [0.4, 0.5) is 0 Å². The number of aromatic amines is 2. The molecule has 2 heterocycles. The number of benzene rings is 1. The third kappa shape index (κ3) is 3.11. The Labute approximate surface area is 142 Å². The molecule has 0 spiro atoms. The number of nitrogens with zero attached hydrogens (tertiary/aromatic N) is 1. The van der Waals surface area contributed by atoms with E-state index in [-0.39, 0.29) is 0 Å². The molecule has 3 rings (SSSR count). The molecule has 0 atom stereocenters. The number of aryl methyl sites for hydroxylation is 1. The molecule has 0 unspecified atom stereocenters. The SMILES string of the molecule is COCCCn1c(=O)[nH]c(=O)c2c(-c3ccc(Cl)cc3)cc[nH+]c21. The molecule has 124 valence electrons. The van der Waals surface area contributed by atoms with E-state index in [1.807, 2.05) is 18.2 Å². The summed E-state index contributed by atoms with van der Waals surface area (Å²) in [7, 11) is 1.61. The molecule has 0 saturated carbocycles. The standard InChI is InChI=1S/C17H16ClN3O3/c1-24-10-2-9-21-15-14(16(22)20-17(21)23)13(7-8-19-15)11-3-5-12(18)6-4-11/h3-8H,2,9-10H2,1H3,(H,20,22,23)/p+1. The third-order valence-electron chi connectivity index (χ3n) is 3.82. The summed E-state index contributed by atoms with van der Waals surface area (Å²) >= 11 is 5.93. The van der Waals surface area contributed by atoms with Crippen LogP contribution in [-0.4, -0.2) is 23.3 Å². The van der Waals surface area contributed by atoms with Gasteiger partial charge in [-0.3, -0.25) is 9.78 Å². The molecule has 1 aromatic carbocycles. The van der Waals surface area contributed by atoms with Gasteiger partial charge in [0, 0.05) is 30.7 Å². The van der Waals surface area contributed by atoms with Gasteiger partial charge in [0.05, 0.1) is 12.7 Å². The van der Waals surface area contributed by atoms with E-state index >= 15 is 0 Å². The molecule has 3 aromatic rings. The summed E-state index contributed by atoms with van der Waals surface area (Å²) < 4.78 is 6.56. The largest absolute Gasteiger partial charge is 0.415 e. The minimum absolute atomic E-state index is 0.417. The highest BCUT2D eigenvalue weighted by Gasteiger charge is 2.19. The Hall–Kier alpha value is -2.44. The van der Waals surface area contributed by atoms with Gasteiger partial charge in [0.2, 0.25) is 0 Å². The molecule has 0 aliphatic heterocycles. The molecule has 7 heteroatoms. The van der Waals surface area contributed by atoms with E-state index in [9.17, 15) is 9.59 Å². The van der Waals surface area contributed by atoms with E-state index in [1.165, 1.54) is 4.57 Å². The van der Waals surface area contributed by atoms with Crippen molar-refractivity contribution in [1.82, 2.24) is 9.55 Å². The Kier molecular flexibility index (Phi) is 4.78. The molecule has 2 aromatic heterocycles. The lowest BCUT2D eigenvalue weighted by molar-refractivity contribution is -0.349. The molecule has 0 saturated heterocycles. The van der Waals surface area contributed by atoms with Crippen LogP contribution in [0, 0.1) is 0 Å². The van der Waals surface area contributed by atoms with E-state index < -0.39 is 11.2 Å². The first-order valence-electron chi connectivity index (χ1n) is 7.54. The summed E-state index contributed by atoms with van der Waals surface area (Å²) in [6, 6.07) is 9.03. The summed E-state index contributed by atoms with van der Waals surface area (Å²) in [5, 5.41) is 1.06. The maximum absolute atomic E-state index is 12.4. The first-order chi connectivity index (χ1) is 11.6. The second-order valence-corrected chi connectivity index (χ2v) is 5.82. The Morgan fingerprint density at radius 2 is 1.96 bits per heavy atom. The zero-order valence-electron chi connectivity index (χ0n) is 13.1. The normalized spacial score (nSPS) is 11.1. The van der Waals surface area contributed by atoms with Crippen molar-refractivity contribution in [1.29, 1.82) is 0 Å². The van der Waals surface area contributed by atoms with Crippen LogP contribution >= 0.6 is 11.6 Å². The number of pyridine rings is 1. The van der Waals surface area contributed by atoms with E-state index in [0.29, 0.717) is 35.6 Å². The number of halogens is 1. The van der Waals surface area contributed by atoms with E-state index in [0.717, 1.165) is 11.1 Å².